The number of carbonyl (C=O) groups excluding carboxylic acids is 2. The third kappa shape index (κ3) is 6.84. The Kier molecular flexibility index (Phi) is 9.57. The molecule has 6 aromatic rings. The number of hydrogen-bond acceptors (Lipinski definition) is 8. The second kappa shape index (κ2) is 14.6. The van der Waals surface area contributed by atoms with Gasteiger partial charge in [-0.25, -0.2) is 0 Å². The van der Waals surface area contributed by atoms with Crippen LogP contribution in [0.1, 0.15) is 72.7 Å². The number of thiophene rings is 1. The predicted molar refractivity (Wildman–Crippen MR) is 211 cm³/mol. The molecule has 0 fully saturated rings. The molecule has 0 bridgehead atoms. The first-order valence-electron chi connectivity index (χ1n) is 17.7. The minimum Gasteiger partial charge on any atom is -0.469 e. The lowest BCUT2D eigenvalue weighted by atomic mass is 9.92. The van der Waals surface area contributed by atoms with Gasteiger partial charge in [0, 0.05) is 45.3 Å². The number of esters is 1. The lowest BCUT2D eigenvalue weighted by Crippen LogP contribution is -2.37. The van der Waals surface area contributed by atoms with Crippen molar-refractivity contribution in [2.24, 2.45) is 4.99 Å². The summed E-state index contributed by atoms with van der Waals surface area (Å²) >= 11 is 3.51. The summed E-state index contributed by atoms with van der Waals surface area (Å²) in [4.78, 5) is 35.7. The van der Waals surface area contributed by atoms with Gasteiger partial charge in [-0.3, -0.25) is 19.1 Å². The maximum atomic E-state index is 13.6. The molecule has 2 aliphatic heterocycles. The van der Waals surface area contributed by atoms with E-state index in [2.05, 4.69) is 103 Å². The van der Waals surface area contributed by atoms with E-state index in [1.165, 1.54) is 22.4 Å². The van der Waals surface area contributed by atoms with Crippen molar-refractivity contribution < 1.29 is 14.3 Å². The number of rotatable bonds is 9. The Balaban J connectivity index is 1.00. The van der Waals surface area contributed by atoms with Gasteiger partial charge in [0.2, 0.25) is 0 Å². The number of fused-ring (bicyclic) bond motifs is 4. The molecule has 0 radical (unpaired) electrons. The molecule has 2 aromatic heterocycles. The molecule has 53 heavy (non-hydrogen) atoms. The van der Waals surface area contributed by atoms with E-state index in [4.69, 9.17) is 9.73 Å². The summed E-state index contributed by atoms with van der Waals surface area (Å²) in [5, 5.41) is 9.83. The van der Waals surface area contributed by atoms with E-state index in [-0.39, 0.29) is 18.3 Å². The molecule has 0 spiro atoms. The van der Waals surface area contributed by atoms with Crippen LogP contribution >= 0.6 is 23.1 Å². The molecular formula is C43H39N5O3S2. The Bertz CT molecular complexity index is 2360. The van der Waals surface area contributed by atoms with Gasteiger partial charge >= 0.3 is 5.97 Å². The highest BCUT2D eigenvalue weighted by molar-refractivity contribution is 7.98. The zero-order valence-corrected chi connectivity index (χ0v) is 31.8. The Labute approximate surface area is 317 Å². The van der Waals surface area contributed by atoms with Crippen LogP contribution in [0.2, 0.25) is 0 Å². The summed E-state index contributed by atoms with van der Waals surface area (Å²) < 4.78 is 7.08. The molecule has 0 N–H and O–H groups in total. The van der Waals surface area contributed by atoms with Crippen molar-refractivity contribution in [3.05, 3.63) is 153 Å². The lowest BCUT2D eigenvalue weighted by molar-refractivity contribution is -0.141. The van der Waals surface area contributed by atoms with Crippen molar-refractivity contribution in [3.63, 3.8) is 0 Å². The van der Waals surface area contributed by atoms with Gasteiger partial charge in [0.15, 0.2) is 5.82 Å². The van der Waals surface area contributed by atoms with Gasteiger partial charge in [0.25, 0.3) is 5.91 Å². The first-order valence-corrected chi connectivity index (χ1v) is 19.5. The molecule has 2 aliphatic rings. The molecular weight excluding hydrogens is 699 g/mol. The SMILES string of the molecule is COC(=O)C[C@@H]1N=C(c2ccc(-c3ccc4c(c3)CCN(Cc3ccc(SCc5ccccc5)cc3)C4=O)cc2)c2c(sc(C)c2C)-n2c(C)nnc21. The first kappa shape index (κ1) is 34.7. The molecule has 8 nitrogen and oxygen atoms in total. The number of aryl methyl sites for hydroxylation is 2. The maximum absolute atomic E-state index is 13.6. The van der Waals surface area contributed by atoms with Gasteiger partial charge < -0.3 is 9.64 Å². The van der Waals surface area contributed by atoms with Crippen LogP contribution in [0, 0.1) is 20.8 Å². The second-order valence-corrected chi connectivity index (χ2v) is 15.8. The smallest absolute Gasteiger partial charge is 0.308 e. The number of thioether (sulfide) groups is 1. The van der Waals surface area contributed by atoms with E-state index >= 15 is 0 Å². The first-order chi connectivity index (χ1) is 25.8. The van der Waals surface area contributed by atoms with Gasteiger partial charge in [-0.2, -0.15) is 0 Å². The van der Waals surface area contributed by atoms with Crippen molar-refractivity contribution in [2.45, 2.75) is 56.8 Å². The molecule has 1 atom stereocenters. The molecule has 10 heteroatoms. The van der Waals surface area contributed by atoms with E-state index in [0.29, 0.717) is 18.9 Å². The second-order valence-electron chi connectivity index (χ2n) is 13.5. The summed E-state index contributed by atoms with van der Waals surface area (Å²) in [6, 6.07) is 33.1. The van der Waals surface area contributed by atoms with Gasteiger partial charge in [-0.1, -0.05) is 78.9 Å². The monoisotopic (exact) mass is 737 g/mol. The molecule has 0 saturated carbocycles. The maximum Gasteiger partial charge on any atom is 0.308 e. The van der Waals surface area contributed by atoms with Crippen molar-refractivity contribution in [2.75, 3.05) is 13.7 Å². The number of ether oxygens (including phenoxy) is 1. The summed E-state index contributed by atoms with van der Waals surface area (Å²) in [7, 11) is 1.39. The topological polar surface area (TPSA) is 89.7 Å². The van der Waals surface area contributed by atoms with Crippen LogP contribution < -0.4 is 0 Å². The van der Waals surface area contributed by atoms with E-state index in [1.54, 1.807) is 11.3 Å². The van der Waals surface area contributed by atoms with Gasteiger partial charge in [-0.05, 0) is 78.8 Å². The van der Waals surface area contributed by atoms with Crippen molar-refractivity contribution in [1.29, 1.82) is 0 Å². The highest BCUT2D eigenvalue weighted by Crippen LogP contribution is 2.40. The summed E-state index contributed by atoms with van der Waals surface area (Å²) in [5.74, 6) is 2.04. The van der Waals surface area contributed by atoms with E-state index < -0.39 is 6.04 Å². The summed E-state index contributed by atoms with van der Waals surface area (Å²) in [5.41, 5.74) is 10.4. The fourth-order valence-electron chi connectivity index (χ4n) is 7.11. The van der Waals surface area contributed by atoms with Crippen LogP contribution in [-0.2, 0) is 28.2 Å². The fraction of sp³-hybridized carbons (Fsp3) is 0.233. The Morgan fingerprint density at radius 1 is 0.887 bits per heavy atom. The Hall–Kier alpha value is -5.32. The number of nitrogens with zero attached hydrogens (tertiary/aromatic N) is 5. The normalized spacial score (nSPS) is 14.9. The highest BCUT2D eigenvalue weighted by Gasteiger charge is 2.33. The summed E-state index contributed by atoms with van der Waals surface area (Å²) in [6.07, 6.45) is 0.869. The third-order valence-electron chi connectivity index (χ3n) is 10.1. The number of benzene rings is 4. The van der Waals surface area contributed by atoms with E-state index in [9.17, 15) is 9.59 Å². The van der Waals surface area contributed by atoms with Crippen LogP contribution in [0.4, 0.5) is 0 Å². The number of aliphatic imine (C=N–C) groups is 1. The lowest BCUT2D eigenvalue weighted by Gasteiger charge is -2.29. The number of hydrogen-bond donors (Lipinski definition) is 0. The van der Waals surface area contributed by atoms with Gasteiger partial charge in [-0.15, -0.1) is 33.3 Å². The van der Waals surface area contributed by atoms with Crippen LogP contribution in [0.25, 0.3) is 16.1 Å². The van der Waals surface area contributed by atoms with E-state index in [1.807, 2.05) is 46.4 Å². The molecule has 4 aromatic carbocycles. The quantitative estimate of drug-likeness (QED) is 0.109. The highest BCUT2D eigenvalue weighted by atomic mass is 32.2. The summed E-state index contributed by atoms with van der Waals surface area (Å²) in [6.45, 7) is 7.44. The molecule has 0 saturated heterocycles. The average molecular weight is 738 g/mol. The van der Waals surface area contributed by atoms with Crippen LogP contribution in [0.3, 0.4) is 0 Å². The largest absolute Gasteiger partial charge is 0.469 e. The molecule has 0 unspecified atom stereocenters. The molecule has 8 rings (SSSR count). The van der Waals surface area contributed by atoms with Crippen molar-refractivity contribution in [3.8, 4) is 16.1 Å². The number of methoxy groups -OCH3 is 1. The molecule has 266 valence electrons. The Morgan fingerprint density at radius 2 is 1.62 bits per heavy atom. The minimum absolute atomic E-state index is 0.0646. The molecule has 1 amide bonds. The molecule has 4 heterocycles. The van der Waals surface area contributed by atoms with Gasteiger partial charge in [0.05, 0.1) is 19.2 Å². The van der Waals surface area contributed by atoms with Crippen molar-refractivity contribution in [1.82, 2.24) is 19.7 Å². The van der Waals surface area contributed by atoms with Crippen LogP contribution in [0.15, 0.2) is 107 Å². The Morgan fingerprint density at radius 3 is 2.38 bits per heavy atom. The number of carbonyl (C=O) groups is 2. The zero-order valence-electron chi connectivity index (χ0n) is 30.1. The number of amides is 1. The van der Waals surface area contributed by atoms with Crippen LogP contribution in [0.5, 0.6) is 0 Å². The minimum atomic E-state index is -0.543. The number of aromatic nitrogens is 3. The molecule has 0 aliphatic carbocycles. The van der Waals surface area contributed by atoms with E-state index in [0.717, 1.165) is 73.2 Å². The third-order valence-corrected chi connectivity index (χ3v) is 12.4. The van der Waals surface area contributed by atoms with Crippen LogP contribution in [-0.4, -0.2) is 50.9 Å². The zero-order chi connectivity index (χ0) is 36.6. The average Bonchev–Trinajstić information content (AvgIpc) is 3.67. The standard InChI is InChI=1S/C43H39N5O3S2/c1-26-27(2)53-43-39(26)40(44-37(23-38(49)51-4)41-46-45-28(3)48(41)43)32-14-12-31(13-15-32)33-16-19-36-34(22-33)20-21-47(42(36)50)24-29-10-17-35(18-11-29)52-25-30-8-6-5-7-9-30/h5-19,22,37H,20-21,23-25H2,1-4H3/t37-/m0/s1. The van der Waals surface area contributed by atoms with Gasteiger partial charge in [0.1, 0.15) is 16.9 Å². The predicted octanol–water partition coefficient (Wildman–Crippen LogP) is 8.87. The van der Waals surface area contributed by atoms with Crippen molar-refractivity contribution >= 4 is 40.7 Å². The fourth-order valence-corrected chi connectivity index (χ4v) is 9.17.